The van der Waals surface area contributed by atoms with Gasteiger partial charge in [0.15, 0.2) is 5.13 Å². The Morgan fingerprint density at radius 1 is 1.12 bits per heavy atom. The van der Waals surface area contributed by atoms with E-state index in [2.05, 4.69) is 36.4 Å². The summed E-state index contributed by atoms with van der Waals surface area (Å²) < 4.78 is 40.0. The van der Waals surface area contributed by atoms with Crippen molar-refractivity contribution in [3.63, 3.8) is 0 Å². The van der Waals surface area contributed by atoms with Gasteiger partial charge in [0.05, 0.1) is 16.8 Å². The van der Waals surface area contributed by atoms with Crippen LogP contribution in [0.2, 0.25) is 0 Å². The summed E-state index contributed by atoms with van der Waals surface area (Å²) in [6.07, 6.45) is -1.38. The van der Waals surface area contributed by atoms with Crippen molar-refractivity contribution in [2.75, 3.05) is 5.43 Å². The number of aromatic nitrogens is 2. The maximum Gasteiger partial charge on any atom is 0.280 e. The van der Waals surface area contributed by atoms with Crippen LogP contribution in [0.4, 0.5) is 19.1 Å². The molecule has 3 rings (SSSR count). The second-order valence-electron chi connectivity index (χ2n) is 4.82. The molecule has 0 fully saturated rings. The molecule has 0 unspecified atom stereocenters. The van der Waals surface area contributed by atoms with Crippen LogP contribution in [-0.4, -0.2) is 16.2 Å². The van der Waals surface area contributed by atoms with Crippen LogP contribution in [0.5, 0.6) is 0 Å². The fraction of sp³-hybridized carbons (Fsp3) is 0.0625. The van der Waals surface area contributed by atoms with Crippen molar-refractivity contribution in [1.82, 2.24) is 9.97 Å². The first-order valence-electron chi connectivity index (χ1n) is 6.99. The first-order chi connectivity index (χ1) is 12.0. The highest BCUT2D eigenvalue weighted by Crippen LogP contribution is 2.25. The smallest absolute Gasteiger partial charge is 0.245 e. The van der Waals surface area contributed by atoms with Crippen molar-refractivity contribution >= 4 is 39.4 Å². The average Bonchev–Trinajstić information content (AvgIpc) is 3.00. The molecule has 2 heterocycles. The molecule has 0 spiro atoms. The number of halogens is 4. The largest absolute Gasteiger partial charge is 0.280 e. The molecule has 0 atom stereocenters. The lowest BCUT2D eigenvalue weighted by atomic mass is 10.1. The van der Waals surface area contributed by atoms with E-state index in [0.29, 0.717) is 16.1 Å². The van der Waals surface area contributed by atoms with Gasteiger partial charge in [-0.1, -0.05) is 28.1 Å². The highest BCUT2D eigenvalue weighted by molar-refractivity contribution is 9.10. The van der Waals surface area contributed by atoms with E-state index >= 15 is 0 Å². The predicted molar refractivity (Wildman–Crippen MR) is 95.6 cm³/mol. The highest BCUT2D eigenvalue weighted by Gasteiger charge is 2.14. The summed E-state index contributed by atoms with van der Waals surface area (Å²) >= 11 is 4.23. The van der Waals surface area contributed by atoms with Crippen LogP contribution < -0.4 is 5.43 Å². The lowest BCUT2D eigenvalue weighted by Gasteiger charge is -2.07. The fourth-order valence-electron chi connectivity index (χ4n) is 1.95. The molecule has 0 aliphatic heterocycles. The van der Waals surface area contributed by atoms with E-state index in [1.54, 1.807) is 30.3 Å². The molecule has 0 amide bonds. The van der Waals surface area contributed by atoms with Crippen LogP contribution in [0, 0.1) is 5.13 Å². The molecule has 2 aromatic heterocycles. The monoisotopic (exact) mass is 426 g/mol. The van der Waals surface area contributed by atoms with E-state index in [4.69, 9.17) is 0 Å². The Bertz CT molecular complexity index is 897. The van der Waals surface area contributed by atoms with Gasteiger partial charge in [-0.15, -0.1) is 11.3 Å². The van der Waals surface area contributed by atoms with Gasteiger partial charge in [0.25, 0.3) is 6.43 Å². The van der Waals surface area contributed by atoms with E-state index in [-0.39, 0.29) is 11.1 Å². The van der Waals surface area contributed by atoms with Gasteiger partial charge in [0.2, 0.25) is 5.95 Å². The van der Waals surface area contributed by atoms with Crippen molar-refractivity contribution in [3.8, 4) is 11.3 Å². The van der Waals surface area contributed by atoms with Gasteiger partial charge in [-0.2, -0.15) is 9.49 Å². The minimum atomic E-state index is -2.74. The SMILES string of the molecule is Fc1ccc(C=NNc2nc(-c3ccc(Br)cc3)cc(C(F)F)n2)s1. The number of nitrogens with zero attached hydrogens (tertiary/aromatic N) is 3. The number of hydrazone groups is 1. The lowest BCUT2D eigenvalue weighted by Crippen LogP contribution is -2.02. The molecule has 128 valence electrons. The molecule has 0 saturated heterocycles. The molecule has 3 aromatic rings. The second-order valence-corrected chi connectivity index (χ2v) is 6.80. The molecule has 25 heavy (non-hydrogen) atoms. The van der Waals surface area contributed by atoms with Crippen LogP contribution in [0.1, 0.15) is 17.0 Å². The standard InChI is InChI=1S/C16H10BrF3N4S/c17-10-3-1-9(2-4-10)12-7-13(15(19)20)23-16(22-12)24-21-8-11-5-6-14(18)25-11/h1-8,15H,(H,22,23,24). The van der Waals surface area contributed by atoms with E-state index in [9.17, 15) is 13.2 Å². The third kappa shape index (κ3) is 4.64. The van der Waals surface area contributed by atoms with Crippen LogP contribution in [0.3, 0.4) is 0 Å². The third-order valence-electron chi connectivity index (χ3n) is 3.06. The zero-order valence-corrected chi connectivity index (χ0v) is 14.9. The van der Waals surface area contributed by atoms with Gasteiger partial charge >= 0.3 is 0 Å². The third-order valence-corrected chi connectivity index (χ3v) is 4.40. The minimum absolute atomic E-state index is 0.0657. The van der Waals surface area contributed by atoms with Crippen molar-refractivity contribution < 1.29 is 13.2 Å². The van der Waals surface area contributed by atoms with E-state index in [1.165, 1.54) is 18.3 Å². The first kappa shape index (κ1) is 17.6. The molecule has 1 aromatic carbocycles. The van der Waals surface area contributed by atoms with Gasteiger partial charge in [-0.3, -0.25) is 0 Å². The van der Waals surface area contributed by atoms with E-state index in [1.807, 2.05) is 0 Å². The zero-order chi connectivity index (χ0) is 17.8. The maximum absolute atomic E-state index is 13.1. The Kier molecular flexibility index (Phi) is 5.44. The number of nitrogens with one attached hydrogen (secondary N) is 1. The summed E-state index contributed by atoms with van der Waals surface area (Å²) in [7, 11) is 0. The van der Waals surface area contributed by atoms with Gasteiger partial charge in [0, 0.05) is 10.0 Å². The number of hydrogen-bond acceptors (Lipinski definition) is 5. The number of thiophene rings is 1. The number of hydrogen-bond donors (Lipinski definition) is 1. The Balaban J connectivity index is 1.87. The van der Waals surface area contributed by atoms with Crippen LogP contribution >= 0.6 is 27.3 Å². The number of alkyl halides is 2. The Morgan fingerprint density at radius 2 is 1.88 bits per heavy atom. The maximum atomic E-state index is 13.1. The molecule has 4 nitrogen and oxygen atoms in total. The molecular weight excluding hydrogens is 417 g/mol. The number of anilines is 1. The minimum Gasteiger partial charge on any atom is -0.245 e. The van der Waals surface area contributed by atoms with Gasteiger partial charge in [-0.05, 0) is 30.3 Å². The van der Waals surface area contributed by atoms with Crippen molar-refractivity contribution in [1.29, 1.82) is 0 Å². The highest BCUT2D eigenvalue weighted by atomic mass is 79.9. The molecular formula is C16H10BrF3N4S. The van der Waals surface area contributed by atoms with E-state index in [0.717, 1.165) is 15.8 Å². The van der Waals surface area contributed by atoms with Crippen molar-refractivity contribution in [2.24, 2.45) is 5.10 Å². The zero-order valence-electron chi connectivity index (χ0n) is 12.5. The normalized spacial score (nSPS) is 11.4. The Hall–Kier alpha value is -2.26. The summed E-state index contributed by atoms with van der Waals surface area (Å²) in [5.41, 5.74) is 3.11. The fourth-order valence-corrected chi connectivity index (χ4v) is 2.81. The summed E-state index contributed by atoms with van der Waals surface area (Å²) in [6.45, 7) is 0. The van der Waals surface area contributed by atoms with Gasteiger partial charge in [0.1, 0.15) is 5.69 Å². The predicted octanol–water partition coefficient (Wildman–Crippen LogP) is 5.49. The van der Waals surface area contributed by atoms with Crippen LogP contribution in [-0.2, 0) is 0 Å². The molecule has 0 saturated carbocycles. The molecule has 1 N–H and O–H groups in total. The molecule has 0 radical (unpaired) electrons. The summed E-state index contributed by atoms with van der Waals surface area (Å²) in [5, 5.41) is 3.53. The van der Waals surface area contributed by atoms with Gasteiger partial charge < -0.3 is 0 Å². The molecule has 0 aliphatic rings. The number of benzene rings is 1. The topological polar surface area (TPSA) is 50.2 Å². The summed E-state index contributed by atoms with van der Waals surface area (Å²) in [6, 6.07) is 11.2. The summed E-state index contributed by atoms with van der Waals surface area (Å²) in [4.78, 5) is 8.52. The van der Waals surface area contributed by atoms with E-state index < -0.39 is 12.1 Å². The summed E-state index contributed by atoms with van der Waals surface area (Å²) in [5.74, 6) is -0.0657. The van der Waals surface area contributed by atoms with Crippen LogP contribution in [0.25, 0.3) is 11.3 Å². The van der Waals surface area contributed by atoms with Crippen molar-refractivity contribution in [3.05, 3.63) is 62.6 Å². The number of rotatable bonds is 5. The molecule has 9 heteroatoms. The Morgan fingerprint density at radius 3 is 2.52 bits per heavy atom. The molecule has 0 bridgehead atoms. The van der Waals surface area contributed by atoms with Crippen LogP contribution in [0.15, 0.2) is 52.0 Å². The van der Waals surface area contributed by atoms with Gasteiger partial charge in [-0.25, -0.2) is 24.2 Å². The lowest BCUT2D eigenvalue weighted by molar-refractivity contribution is 0.146. The average molecular weight is 427 g/mol. The first-order valence-corrected chi connectivity index (χ1v) is 8.60. The second kappa shape index (κ2) is 7.75. The molecule has 0 aliphatic carbocycles. The quantitative estimate of drug-likeness (QED) is 0.433. The Labute approximate surface area is 153 Å². The van der Waals surface area contributed by atoms with Crippen molar-refractivity contribution in [2.45, 2.75) is 6.43 Å².